The summed E-state index contributed by atoms with van der Waals surface area (Å²) in [6.07, 6.45) is 21.3. The van der Waals surface area contributed by atoms with E-state index in [1.165, 1.54) is 57.8 Å². The molecule has 0 saturated carbocycles. The molecule has 3 N–H and O–H groups in total. The van der Waals surface area contributed by atoms with Crippen LogP contribution in [0.4, 0.5) is 0 Å². The van der Waals surface area contributed by atoms with Crippen LogP contribution in [-0.2, 0) is 16.0 Å². The number of benzene rings is 1. The normalized spacial score (nSPS) is 12.2. The van der Waals surface area contributed by atoms with Crippen molar-refractivity contribution in [1.29, 1.82) is 0 Å². The third kappa shape index (κ3) is 14.8. The van der Waals surface area contributed by atoms with Crippen LogP contribution in [0.5, 0.6) is 5.75 Å². The summed E-state index contributed by atoms with van der Waals surface area (Å²) in [7, 11) is 0. The molecule has 0 aliphatic carbocycles. The number of carbonyl (C=O) groups excluding carboxylic acids is 1. The van der Waals surface area contributed by atoms with Crippen LogP contribution in [0, 0.1) is 0 Å². The van der Waals surface area contributed by atoms with E-state index in [-0.39, 0.29) is 12.4 Å². The molecule has 5 heteroatoms. The Morgan fingerprint density at radius 3 is 1.97 bits per heavy atom. The van der Waals surface area contributed by atoms with E-state index >= 15 is 0 Å². The first-order chi connectivity index (χ1) is 15.5. The van der Waals surface area contributed by atoms with Gasteiger partial charge < -0.3 is 15.6 Å². The van der Waals surface area contributed by atoms with Crippen molar-refractivity contribution in [2.75, 3.05) is 0 Å². The van der Waals surface area contributed by atoms with Gasteiger partial charge in [0.15, 0.2) is 0 Å². The Hall–Kier alpha value is -2.14. The summed E-state index contributed by atoms with van der Waals surface area (Å²) in [6, 6.07) is 5.93. The van der Waals surface area contributed by atoms with E-state index in [1.807, 2.05) is 0 Å². The Morgan fingerprint density at radius 2 is 1.41 bits per heavy atom. The summed E-state index contributed by atoms with van der Waals surface area (Å²) >= 11 is 0. The quantitative estimate of drug-likeness (QED) is 0.109. The molecule has 0 aliphatic heterocycles. The van der Waals surface area contributed by atoms with Gasteiger partial charge in [0.1, 0.15) is 11.8 Å². The Kier molecular flexibility index (Phi) is 16.1. The number of esters is 1. The summed E-state index contributed by atoms with van der Waals surface area (Å²) in [5.74, 6) is -0.770. The van der Waals surface area contributed by atoms with Gasteiger partial charge in [0, 0.05) is 6.42 Å². The number of carboxylic acids is 1. The molecule has 0 radical (unpaired) electrons. The van der Waals surface area contributed by atoms with Crippen molar-refractivity contribution in [3.8, 4) is 5.75 Å². The number of carbonyl (C=O) groups is 2. The fraction of sp³-hybridized carbons (Fsp3) is 0.630. The molecule has 0 amide bonds. The molecule has 180 valence electrons. The van der Waals surface area contributed by atoms with Crippen molar-refractivity contribution in [3.63, 3.8) is 0 Å². The van der Waals surface area contributed by atoms with Crippen LogP contribution >= 0.6 is 0 Å². The number of carboxylic acid groups (broad SMARTS) is 1. The molecule has 0 heterocycles. The van der Waals surface area contributed by atoms with Crippen molar-refractivity contribution in [2.45, 2.75) is 109 Å². The Labute approximate surface area is 194 Å². The molecule has 1 aromatic carbocycles. The largest absolute Gasteiger partial charge is 0.480 e. The number of unbranched alkanes of at least 4 members (excludes halogenated alkanes) is 11. The third-order valence-electron chi connectivity index (χ3n) is 5.57. The predicted molar refractivity (Wildman–Crippen MR) is 131 cm³/mol. The topological polar surface area (TPSA) is 89.6 Å². The van der Waals surface area contributed by atoms with Crippen molar-refractivity contribution >= 4 is 11.9 Å². The molecule has 0 bridgehead atoms. The Morgan fingerprint density at radius 1 is 0.875 bits per heavy atom. The molecule has 1 atom stereocenters. The molecule has 0 fully saturated rings. The van der Waals surface area contributed by atoms with Crippen LogP contribution in [0.1, 0.15) is 102 Å². The van der Waals surface area contributed by atoms with Crippen LogP contribution in [0.2, 0.25) is 0 Å². The minimum absolute atomic E-state index is 0.224. The molecule has 0 aliphatic rings. The zero-order valence-corrected chi connectivity index (χ0v) is 19.9. The first kappa shape index (κ1) is 27.9. The van der Waals surface area contributed by atoms with Crippen molar-refractivity contribution in [2.24, 2.45) is 5.73 Å². The van der Waals surface area contributed by atoms with Crippen molar-refractivity contribution < 1.29 is 19.4 Å². The van der Waals surface area contributed by atoms with Gasteiger partial charge in [-0.05, 0) is 56.2 Å². The highest BCUT2D eigenvalue weighted by Gasteiger charge is 2.12. The number of allylic oxidation sites excluding steroid dienone is 2. The Bertz CT molecular complexity index is 654. The van der Waals surface area contributed by atoms with E-state index in [4.69, 9.17) is 15.6 Å². The standard InChI is InChI=1S/C27H43NO4/c1-2-3-4-5-6-7-8-9-10-11-12-13-14-15-16-17-26(29)32-24-20-18-23(19-21-24)22-25(28)27(30)31/h9-10,18-21,25H,2-8,11-17,22,28H2,1H3,(H,30,31)/t25-/m0/s1. The highest BCUT2D eigenvalue weighted by Crippen LogP contribution is 2.15. The van der Waals surface area contributed by atoms with E-state index in [2.05, 4.69) is 19.1 Å². The molecule has 0 unspecified atom stereocenters. The zero-order chi connectivity index (χ0) is 23.4. The van der Waals surface area contributed by atoms with Crippen LogP contribution in [0.15, 0.2) is 36.4 Å². The molecule has 0 aromatic heterocycles. The summed E-state index contributed by atoms with van der Waals surface area (Å²) in [6.45, 7) is 2.25. The fourth-order valence-corrected chi connectivity index (χ4v) is 3.56. The second-order valence-electron chi connectivity index (χ2n) is 8.60. The number of aliphatic carboxylic acids is 1. The van der Waals surface area contributed by atoms with Crippen LogP contribution in [-0.4, -0.2) is 23.1 Å². The smallest absolute Gasteiger partial charge is 0.320 e. The van der Waals surface area contributed by atoms with Gasteiger partial charge in [-0.2, -0.15) is 0 Å². The monoisotopic (exact) mass is 445 g/mol. The number of hydrogen-bond acceptors (Lipinski definition) is 4. The summed E-state index contributed by atoms with van der Waals surface area (Å²) in [4.78, 5) is 22.8. The Balaban J connectivity index is 1.99. The van der Waals surface area contributed by atoms with Gasteiger partial charge in [0.2, 0.25) is 0 Å². The lowest BCUT2D eigenvalue weighted by atomic mass is 10.1. The average Bonchev–Trinajstić information content (AvgIpc) is 2.77. The maximum Gasteiger partial charge on any atom is 0.320 e. The van der Waals surface area contributed by atoms with Gasteiger partial charge in [-0.25, -0.2) is 0 Å². The fourth-order valence-electron chi connectivity index (χ4n) is 3.56. The van der Waals surface area contributed by atoms with Crippen LogP contribution in [0.3, 0.4) is 0 Å². The van der Waals surface area contributed by atoms with E-state index in [1.54, 1.807) is 24.3 Å². The average molecular weight is 446 g/mol. The van der Waals surface area contributed by atoms with E-state index in [9.17, 15) is 9.59 Å². The molecular formula is C27H43NO4. The number of hydrogen-bond donors (Lipinski definition) is 2. The van der Waals surface area contributed by atoms with Crippen molar-refractivity contribution in [1.82, 2.24) is 0 Å². The maximum atomic E-state index is 12.0. The zero-order valence-electron chi connectivity index (χ0n) is 19.9. The molecule has 32 heavy (non-hydrogen) atoms. The van der Waals surface area contributed by atoms with Gasteiger partial charge in [-0.15, -0.1) is 0 Å². The van der Waals surface area contributed by atoms with Crippen LogP contribution in [0.25, 0.3) is 0 Å². The lowest BCUT2D eigenvalue weighted by molar-refractivity contribution is -0.138. The molecule has 1 aromatic rings. The van der Waals surface area contributed by atoms with E-state index in [0.29, 0.717) is 12.2 Å². The molecule has 0 saturated heterocycles. The maximum absolute atomic E-state index is 12.0. The first-order valence-corrected chi connectivity index (χ1v) is 12.5. The third-order valence-corrected chi connectivity index (χ3v) is 5.57. The lowest BCUT2D eigenvalue weighted by Gasteiger charge is -2.08. The lowest BCUT2D eigenvalue weighted by Crippen LogP contribution is -2.32. The van der Waals surface area contributed by atoms with E-state index < -0.39 is 12.0 Å². The second kappa shape index (κ2) is 18.4. The number of nitrogens with two attached hydrogens (primary N) is 1. The van der Waals surface area contributed by atoms with E-state index in [0.717, 1.165) is 31.2 Å². The minimum atomic E-state index is -1.03. The number of ether oxygens (including phenoxy) is 1. The van der Waals surface area contributed by atoms with Crippen molar-refractivity contribution in [3.05, 3.63) is 42.0 Å². The van der Waals surface area contributed by atoms with Crippen LogP contribution < -0.4 is 10.5 Å². The second-order valence-corrected chi connectivity index (χ2v) is 8.60. The number of rotatable bonds is 19. The van der Waals surface area contributed by atoms with Gasteiger partial charge in [-0.3, -0.25) is 9.59 Å². The molecule has 1 rings (SSSR count). The van der Waals surface area contributed by atoms with Gasteiger partial charge in [-0.1, -0.05) is 82.6 Å². The highest BCUT2D eigenvalue weighted by molar-refractivity contribution is 5.73. The predicted octanol–water partition coefficient (Wildman–Crippen LogP) is 6.58. The van der Waals surface area contributed by atoms with Gasteiger partial charge in [0.25, 0.3) is 0 Å². The summed E-state index contributed by atoms with van der Waals surface area (Å²) in [5.41, 5.74) is 6.33. The van der Waals surface area contributed by atoms with Gasteiger partial charge in [0.05, 0.1) is 0 Å². The SMILES string of the molecule is CCCCCCCCC=CCCCCCCCC(=O)Oc1ccc(C[C@H](N)C(=O)O)cc1. The summed E-state index contributed by atoms with van der Waals surface area (Å²) in [5, 5.41) is 8.85. The minimum Gasteiger partial charge on any atom is -0.480 e. The molecule has 5 nitrogen and oxygen atoms in total. The highest BCUT2D eigenvalue weighted by atomic mass is 16.5. The first-order valence-electron chi connectivity index (χ1n) is 12.5. The molecule has 0 spiro atoms. The van der Waals surface area contributed by atoms with Gasteiger partial charge >= 0.3 is 11.9 Å². The summed E-state index contributed by atoms with van der Waals surface area (Å²) < 4.78 is 5.35. The molecular weight excluding hydrogens is 402 g/mol.